The van der Waals surface area contributed by atoms with Gasteiger partial charge in [0.2, 0.25) is 0 Å². The fourth-order valence-electron chi connectivity index (χ4n) is 1.53. The maximum atomic E-state index is 4.14. The summed E-state index contributed by atoms with van der Waals surface area (Å²) in [6.07, 6.45) is 0. The van der Waals surface area contributed by atoms with Crippen molar-refractivity contribution >= 4 is 13.3 Å². The van der Waals surface area contributed by atoms with Crippen molar-refractivity contribution in [3.63, 3.8) is 0 Å². The van der Waals surface area contributed by atoms with Gasteiger partial charge in [-0.3, -0.25) is 0 Å². The van der Waals surface area contributed by atoms with Gasteiger partial charge in [-0.15, -0.1) is 0 Å². The summed E-state index contributed by atoms with van der Waals surface area (Å²) in [7, 11) is -1.39. The molecule has 0 saturated carbocycles. The zero-order valence-corrected chi connectivity index (χ0v) is 11.0. The van der Waals surface area contributed by atoms with Crippen LogP contribution in [-0.2, 0) is 0 Å². The lowest BCUT2D eigenvalue weighted by Gasteiger charge is -2.38. The fourth-order valence-corrected chi connectivity index (χ4v) is 3.74. The Hall–Kier alpha value is -0.563. The van der Waals surface area contributed by atoms with Crippen LogP contribution in [0.25, 0.3) is 0 Å². The van der Waals surface area contributed by atoms with E-state index in [0.29, 0.717) is 5.04 Å². The molecular weight excluding hydrogens is 184 g/mol. The van der Waals surface area contributed by atoms with Gasteiger partial charge in [-0.2, -0.15) is 0 Å². The molecular formula is C13H21Si. The molecule has 1 radical (unpaired) electrons. The largest absolute Gasteiger partial charge is 0.0862 e. The Morgan fingerprint density at radius 3 is 2.00 bits per heavy atom. The molecule has 0 amide bonds. The molecule has 0 unspecified atom stereocenters. The van der Waals surface area contributed by atoms with Crippen LogP contribution in [0.5, 0.6) is 0 Å². The van der Waals surface area contributed by atoms with Crippen molar-refractivity contribution in [2.45, 2.75) is 38.9 Å². The van der Waals surface area contributed by atoms with Gasteiger partial charge >= 0.3 is 0 Å². The molecule has 14 heavy (non-hydrogen) atoms. The average molecular weight is 205 g/mol. The summed E-state index contributed by atoms with van der Waals surface area (Å²) in [6, 6.07) is 8.57. The number of benzene rings is 1. The normalized spacial score (nSPS) is 13.0. The maximum absolute atomic E-state index is 4.14. The molecule has 0 bridgehead atoms. The van der Waals surface area contributed by atoms with E-state index in [1.54, 1.807) is 0 Å². The van der Waals surface area contributed by atoms with Crippen LogP contribution in [0.2, 0.25) is 18.1 Å². The smallest absolute Gasteiger partial charge is 0.0650 e. The van der Waals surface area contributed by atoms with Gasteiger partial charge in [0.25, 0.3) is 0 Å². The molecule has 0 fully saturated rings. The van der Waals surface area contributed by atoms with Gasteiger partial charge in [0, 0.05) is 0 Å². The molecule has 0 aliphatic rings. The van der Waals surface area contributed by atoms with Gasteiger partial charge in [0.1, 0.15) is 0 Å². The fraction of sp³-hybridized carbons (Fsp3) is 0.462. The molecule has 0 aromatic heterocycles. The van der Waals surface area contributed by atoms with Crippen molar-refractivity contribution < 1.29 is 0 Å². The Balaban J connectivity index is 3.23. The number of rotatable bonds is 1. The van der Waals surface area contributed by atoms with Gasteiger partial charge < -0.3 is 0 Å². The van der Waals surface area contributed by atoms with Gasteiger partial charge in [0.15, 0.2) is 0 Å². The Morgan fingerprint density at radius 1 is 1.07 bits per heavy atom. The van der Waals surface area contributed by atoms with E-state index in [9.17, 15) is 0 Å². The first-order chi connectivity index (χ1) is 6.27. The highest BCUT2D eigenvalue weighted by molar-refractivity contribution is 6.92. The Bertz CT molecular complexity index is 318. The van der Waals surface area contributed by atoms with Crippen molar-refractivity contribution in [3.05, 3.63) is 36.8 Å². The van der Waals surface area contributed by atoms with E-state index in [0.717, 1.165) is 0 Å². The topological polar surface area (TPSA) is 0 Å². The summed E-state index contributed by atoms with van der Waals surface area (Å²) in [6.45, 7) is 16.0. The molecule has 0 aliphatic carbocycles. The van der Waals surface area contributed by atoms with Crippen molar-refractivity contribution in [2.75, 3.05) is 0 Å². The van der Waals surface area contributed by atoms with Crippen molar-refractivity contribution in [3.8, 4) is 0 Å². The first-order valence-corrected chi connectivity index (χ1v) is 8.18. The molecule has 77 valence electrons. The summed E-state index contributed by atoms with van der Waals surface area (Å²) < 4.78 is 0. The van der Waals surface area contributed by atoms with Crippen molar-refractivity contribution in [1.29, 1.82) is 0 Å². The van der Waals surface area contributed by atoms with Crippen molar-refractivity contribution in [1.82, 2.24) is 0 Å². The third kappa shape index (κ3) is 1.93. The van der Waals surface area contributed by atoms with Crippen LogP contribution in [-0.4, -0.2) is 8.07 Å². The second-order valence-corrected chi connectivity index (χ2v) is 10.8. The Labute approximate surface area is 89.4 Å². The van der Waals surface area contributed by atoms with Crippen LogP contribution in [0.4, 0.5) is 0 Å². The standard InChI is InChI=1S/C13H21Si/c1-11-9-7-8-10-12(11)14(5,6)13(2,3)4/h7-10H,1H2,2-6H3. The van der Waals surface area contributed by atoms with Gasteiger partial charge in [-0.25, -0.2) is 0 Å². The molecule has 0 spiro atoms. The predicted octanol–water partition coefficient (Wildman–Crippen LogP) is 3.58. The molecule has 1 rings (SSSR count). The van der Waals surface area contributed by atoms with E-state index in [1.807, 2.05) is 0 Å². The molecule has 0 N–H and O–H groups in total. The van der Waals surface area contributed by atoms with E-state index in [2.05, 4.69) is 65.1 Å². The SMILES string of the molecule is [CH2]c1ccccc1[Si](C)(C)C(C)(C)C. The zero-order valence-electron chi connectivity index (χ0n) is 10.0. The zero-order chi connectivity index (χ0) is 11.0. The van der Waals surface area contributed by atoms with Gasteiger partial charge in [-0.05, 0) is 17.5 Å². The van der Waals surface area contributed by atoms with Crippen LogP contribution < -0.4 is 5.19 Å². The molecule has 0 aliphatic heterocycles. The third-order valence-corrected chi connectivity index (χ3v) is 9.15. The molecule has 0 saturated heterocycles. The minimum atomic E-state index is -1.39. The van der Waals surface area contributed by atoms with E-state index < -0.39 is 8.07 Å². The lowest BCUT2D eigenvalue weighted by Crippen LogP contribution is -2.50. The maximum Gasteiger partial charge on any atom is 0.0862 e. The molecule has 0 heterocycles. The lowest BCUT2D eigenvalue weighted by atomic mass is 10.2. The van der Waals surface area contributed by atoms with Crippen LogP contribution in [0.1, 0.15) is 26.3 Å². The van der Waals surface area contributed by atoms with Crippen molar-refractivity contribution in [2.24, 2.45) is 0 Å². The summed E-state index contributed by atoms with van der Waals surface area (Å²) in [4.78, 5) is 0. The monoisotopic (exact) mass is 205 g/mol. The van der Waals surface area contributed by atoms with Gasteiger partial charge in [-0.1, -0.05) is 63.3 Å². The highest BCUT2D eigenvalue weighted by Gasteiger charge is 2.37. The lowest BCUT2D eigenvalue weighted by molar-refractivity contribution is 0.729. The summed E-state index contributed by atoms with van der Waals surface area (Å²) in [5.74, 6) is 0. The second kappa shape index (κ2) is 3.54. The molecule has 0 atom stereocenters. The van der Waals surface area contributed by atoms with Gasteiger partial charge in [0.05, 0.1) is 8.07 Å². The first-order valence-electron chi connectivity index (χ1n) is 5.18. The number of hydrogen-bond acceptors (Lipinski definition) is 0. The minimum absolute atomic E-state index is 0.390. The van der Waals surface area contributed by atoms with Crippen LogP contribution >= 0.6 is 0 Å². The number of hydrogen-bond donors (Lipinski definition) is 0. The molecule has 0 nitrogen and oxygen atoms in total. The van der Waals surface area contributed by atoms with E-state index in [4.69, 9.17) is 0 Å². The Kier molecular flexibility index (Phi) is 2.91. The summed E-state index contributed by atoms with van der Waals surface area (Å²) >= 11 is 0. The molecule has 1 heteroatoms. The van der Waals surface area contributed by atoms with E-state index >= 15 is 0 Å². The molecule has 1 aromatic rings. The highest BCUT2D eigenvalue weighted by atomic mass is 28.3. The van der Waals surface area contributed by atoms with Crippen LogP contribution in [0.3, 0.4) is 0 Å². The third-order valence-electron chi connectivity index (χ3n) is 3.57. The van der Waals surface area contributed by atoms with E-state index in [1.165, 1.54) is 10.8 Å². The summed E-state index contributed by atoms with van der Waals surface area (Å²) in [5, 5.41) is 1.88. The predicted molar refractivity (Wildman–Crippen MR) is 67.7 cm³/mol. The second-order valence-electron chi connectivity index (χ2n) is 5.53. The van der Waals surface area contributed by atoms with E-state index in [-0.39, 0.29) is 0 Å². The molecule has 1 aromatic carbocycles. The summed E-state index contributed by atoms with van der Waals surface area (Å²) in [5.41, 5.74) is 1.21. The first kappa shape index (κ1) is 11.5. The highest BCUT2D eigenvalue weighted by Crippen LogP contribution is 2.35. The van der Waals surface area contributed by atoms with Crippen LogP contribution in [0.15, 0.2) is 24.3 Å². The quantitative estimate of drug-likeness (QED) is 0.615. The average Bonchev–Trinajstić information content (AvgIpc) is 2.02. The minimum Gasteiger partial charge on any atom is -0.0650 e. The van der Waals surface area contributed by atoms with Crippen LogP contribution in [0, 0.1) is 6.92 Å². The Morgan fingerprint density at radius 2 is 1.57 bits per heavy atom.